The number of carbonyl (C=O) groups excluding carboxylic acids is 1. The number of rotatable bonds is 7. The van der Waals surface area contributed by atoms with Crippen molar-refractivity contribution in [2.45, 2.75) is 6.61 Å². The normalized spacial score (nSPS) is 10.8. The van der Waals surface area contributed by atoms with Crippen LogP contribution in [0, 0.1) is 0 Å². The largest absolute Gasteiger partial charge is 0.497 e. The summed E-state index contributed by atoms with van der Waals surface area (Å²) in [5.41, 5.74) is 4.39. The summed E-state index contributed by atoms with van der Waals surface area (Å²) in [6, 6.07) is 17.5. The van der Waals surface area contributed by atoms with Gasteiger partial charge in [-0.25, -0.2) is 5.43 Å². The van der Waals surface area contributed by atoms with Gasteiger partial charge in [0.05, 0.1) is 18.9 Å². The molecule has 0 bridgehead atoms. The van der Waals surface area contributed by atoms with Crippen molar-refractivity contribution in [2.75, 3.05) is 7.11 Å². The summed E-state index contributed by atoms with van der Waals surface area (Å²) in [6.45, 7) is 0.195. The van der Waals surface area contributed by atoms with E-state index < -0.39 is 5.91 Å². The maximum atomic E-state index is 12.6. The van der Waals surface area contributed by atoms with E-state index in [0.29, 0.717) is 27.1 Å². The Kier molecular flexibility index (Phi) is 7.74. The van der Waals surface area contributed by atoms with E-state index in [1.165, 1.54) is 6.21 Å². The molecule has 3 aromatic carbocycles. The molecule has 1 N–H and O–H groups in total. The van der Waals surface area contributed by atoms with Crippen LogP contribution in [0.3, 0.4) is 0 Å². The van der Waals surface area contributed by atoms with Crippen molar-refractivity contribution >= 4 is 51.3 Å². The molecule has 0 saturated heterocycles. The number of amides is 1. The minimum absolute atomic E-state index is 0.195. The average molecular weight is 508 g/mol. The van der Waals surface area contributed by atoms with Crippen LogP contribution < -0.4 is 14.9 Å². The SMILES string of the molecule is COc1ccc(Br)c(/C=N/NC(=O)c2ccccc2OCc2ccc(Cl)cc2Cl)c1. The first-order chi connectivity index (χ1) is 14.5. The van der Waals surface area contributed by atoms with Crippen molar-refractivity contribution in [1.29, 1.82) is 0 Å². The van der Waals surface area contributed by atoms with Gasteiger partial charge in [0.25, 0.3) is 5.91 Å². The molecule has 0 fully saturated rings. The lowest BCUT2D eigenvalue weighted by Gasteiger charge is -2.11. The highest BCUT2D eigenvalue weighted by Crippen LogP contribution is 2.25. The number of hydrazone groups is 1. The van der Waals surface area contributed by atoms with Crippen LogP contribution in [0.4, 0.5) is 0 Å². The Morgan fingerprint density at radius 1 is 1.13 bits per heavy atom. The third-order valence-electron chi connectivity index (χ3n) is 4.10. The molecule has 0 radical (unpaired) electrons. The molecule has 30 heavy (non-hydrogen) atoms. The molecule has 0 aliphatic carbocycles. The van der Waals surface area contributed by atoms with Gasteiger partial charge in [-0.05, 0) is 42.5 Å². The standard InChI is InChI=1S/C22H17BrCl2N2O3/c1-29-17-8-9-19(23)15(10-17)12-26-27-22(28)18-4-2-3-5-21(18)30-13-14-6-7-16(24)11-20(14)25/h2-12H,13H2,1H3,(H,27,28)/b26-12+. The van der Waals surface area contributed by atoms with E-state index in [1.807, 2.05) is 12.1 Å². The number of nitrogens with one attached hydrogen (secondary N) is 1. The summed E-state index contributed by atoms with van der Waals surface area (Å²) in [5, 5.41) is 5.08. The number of carbonyl (C=O) groups is 1. The number of para-hydroxylation sites is 1. The van der Waals surface area contributed by atoms with Gasteiger partial charge in [0.1, 0.15) is 18.1 Å². The monoisotopic (exact) mass is 506 g/mol. The summed E-state index contributed by atoms with van der Waals surface area (Å²) in [5.74, 6) is 0.701. The zero-order chi connectivity index (χ0) is 21.5. The molecule has 3 rings (SSSR count). The van der Waals surface area contributed by atoms with Gasteiger partial charge in [-0.2, -0.15) is 5.10 Å². The second kappa shape index (κ2) is 10.5. The molecule has 154 valence electrons. The molecule has 0 atom stereocenters. The Bertz CT molecular complexity index is 1090. The molecular weight excluding hydrogens is 491 g/mol. The molecule has 0 unspecified atom stereocenters. The van der Waals surface area contributed by atoms with Crippen molar-refractivity contribution in [1.82, 2.24) is 5.43 Å². The van der Waals surface area contributed by atoms with Crippen molar-refractivity contribution in [3.05, 3.63) is 91.9 Å². The molecule has 0 aliphatic rings. The number of halogens is 3. The van der Waals surface area contributed by atoms with Gasteiger partial charge in [0.2, 0.25) is 0 Å². The van der Waals surface area contributed by atoms with Gasteiger partial charge in [-0.3, -0.25) is 4.79 Å². The Morgan fingerprint density at radius 2 is 1.93 bits per heavy atom. The highest BCUT2D eigenvalue weighted by atomic mass is 79.9. The van der Waals surface area contributed by atoms with Crippen molar-refractivity contribution in [3.63, 3.8) is 0 Å². The summed E-state index contributed by atoms with van der Waals surface area (Å²) in [6.07, 6.45) is 1.53. The van der Waals surface area contributed by atoms with Crippen molar-refractivity contribution < 1.29 is 14.3 Å². The Hall–Kier alpha value is -2.54. The zero-order valence-electron chi connectivity index (χ0n) is 15.9. The fraction of sp³-hybridized carbons (Fsp3) is 0.0909. The minimum atomic E-state index is -0.400. The van der Waals surface area contributed by atoms with E-state index in [0.717, 1.165) is 15.6 Å². The van der Waals surface area contributed by atoms with Crippen LogP contribution in [-0.2, 0) is 6.61 Å². The molecule has 0 saturated carbocycles. The molecule has 0 aliphatic heterocycles. The molecular formula is C22H17BrCl2N2O3. The Labute approximate surface area is 192 Å². The van der Waals surface area contributed by atoms with E-state index in [2.05, 4.69) is 26.5 Å². The molecule has 5 nitrogen and oxygen atoms in total. The van der Waals surface area contributed by atoms with E-state index in [4.69, 9.17) is 32.7 Å². The van der Waals surface area contributed by atoms with Gasteiger partial charge >= 0.3 is 0 Å². The van der Waals surface area contributed by atoms with Gasteiger partial charge in [-0.15, -0.1) is 0 Å². The van der Waals surface area contributed by atoms with Gasteiger partial charge in [-0.1, -0.05) is 57.3 Å². The van der Waals surface area contributed by atoms with Crippen LogP contribution in [0.2, 0.25) is 10.0 Å². The lowest BCUT2D eigenvalue weighted by molar-refractivity contribution is 0.0950. The number of hydrogen-bond acceptors (Lipinski definition) is 4. The topological polar surface area (TPSA) is 59.9 Å². The molecule has 0 heterocycles. The highest BCUT2D eigenvalue weighted by Gasteiger charge is 2.12. The van der Waals surface area contributed by atoms with Crippen LogP contribution in [0.1, 0.15) is 21.5 Å². The first-order valence-corrected chi connectivity index (χ1v) is 10.4. The van der Waals surface area contributed by atoms with Crippen LogP contribution >= 0.6 is 39.1 Å². The van der Waals surface area contributed by atoms with Crippen LogP contribution in [0.15, 0.2) is 70.2 Å². The number of methoxy groups -OCH3 is 1. The molecule has 8 heteroatoms. The van der Waals surface area contributed by atoms with Gasteiger partial charge in [0, 0.05) is 25.6 Å². The number of nitrogens with zero attached hydrogens (tertiary/aromatic N) is 1. The predicted octanol–water partition coefficient (Wildman–Crippen LogP) is 6.11. The zero-order valence-corrected chi connectivity index (χ0v) is 19.0. The van der Waals surface area contributed by atoms with Gasteiger partial charge in [0.15, 0.2) is 0 Å². The molecule has 3 aromatic rings. The average Bonchev–Trinajstić information content (AvgIpc) is 2.74. The quantitative estimate of drug-likeness (QED) is 0.310. The number of benzene rings is 3. The smallest absolute Gasteiger partial charge is 0.275 e. The van der Waals surface area contributed by atoms with Crippen molar-refractivity contribution in [3.8, 4) is 11.5 Å². The fourth-order valence-corrected chi connectivity index (χ4v) is 3.35. The summed E-state index contributed by atoms with van der Waals surface area (Å²) >= 11 is 15.5. The number of hydrogen-bond donors (Lipinski definition) is 1. The lowest BCUT2D eigenvalue weighted by atomic mass is 10.2. The summed E-state index contributed by atoms with van der Waals surface area (Å²) in [7, 11) is 1.58. The highest BCUT2D eigenvalue weighted by molar-refractivity contribution is 9.10. The Balaban J connectivity index is 1.69. The Morgan fingerprint density at radius 3 is 2.70 bits per heavy atom. The third-order valence-corrected chi connectivity index (χ3v) is 5.41. The first kappa shape index (κ1) is 22.2. The van der Waals surface area contributed by atoms with Crippen LogP contribution in [0.25, 0.3) is 0 Å². The first-order valence-electron chi connectivity index (χ1n) is 8.80. The fourth-order valence-electron chi connectivity index (χ4n) is 2.54. The third kappa shape index (κ3) is 5.75. The second-order valence-electron chi connectivity index (χ2n) is 6.11. The van der Waals surface area contributed by atoms with Crippen molar-refractivity contribution in [2.24, 2.45) is 5.10 Å². The second-order valence-corrected chi connectivity index (χ2v) is 7.81. The summed E-state index contributed by atoms with van der Waals surface area (Å²) in [4.78, 5) is 12.6. The van der Waals surface area contributed by atoms with E-state index in [9.17, 15) is 4.79 Å². The van der Waals surface area contributed by atoms with E-state index in [-0.39, 0.29) is 6.61 Å². The van der Waals surface area contributed by atoms with Crippen LogP contribution in [0.5, 0.6) is 11.5 Å². The minimum Gasteiger partial charge on any atom is -0.497 e. The lowest BCUT2D eigenvalue weighted by Crippen LogP contribution is -2.18. The van der Waals surface area contributed by atoms with Crippen LogP contribution in [-0.4, -0.2) is 19.2 Å². The molecule has 1 amide bonds. The molecule has 0 spiro atoms. The maximum absolute atomic E-state index is 12.6. The molecule has 0 aromatic heterocycles. The predicted molar refractivity (Wildman–Crippen MR) is 123 cm³/mol. The maximum Gasteiger partial charge on any atom is 0.275 e. The van der Waals surface area contributed by atoms with E-state index in [1.54, 1.807) is 55.6 Å². The summed E-state index contributed by atoms with van der Waals surface area (Å²) < 4.78 is 11.8. The van der Waals surface area contributed by atoms with E-state index >= 15 is 0 Å². The number of ether oxygens (including phenoxy) is 2. The van der Waals surface area contributed by atoms with Gasteiger partial charge < -0.3 is 9.47 Å².